The Morgan fingerprint density at radius 1 is 1.22 bits per heavy atom. The summed E-state index contributed by atoms with van der Waals surface area (Å²) in [6.45, 7) is -1.98. The number of aromatic nitrogens is 2. The summed E-state index contributed by atoms with van der Waals surface area (Å²) in [5.41, 5.74) is -1.76. The van der Waals surface area contributed by atoms with E-state index in [1.807, 2.05) is 0 Å². The molecule has 0 N–H and O–H groups in total. The van der Waals surface area contributed by atoms with E-state index in [-0.39, 0.29) is 17.6 Å². The zero-order valence-corrected chi connectivity index (χ0v) is 13.4. The highest BCUT2D eigenvalue weighted by molar-refractivity contribution is 5.60. The molecule has 1 aromatic heterocycles. The summed E-state index contributed by atoms with van der Waals surface area (Å²) in [5.74, 6) is -1.75. The predicted octanol–water partition coefficient (Wildman–Crippen LogP) is 4.11. The predicted molar refractivity (Wildman–Crippen MR) is 79.7 cm³/mol. The number of nitro benzene ring substituents is 1. The highest BCUT2D eigenvalue weighted by atomic mass is 19.4. The quantitative estimate of drug-likeness (QED) is 0.430. The van der Waals surface area contributed by atoms with E-state index in [0.29, 0.717) is 0 Å². The molecule has 0 saturated heterocycles. The smallest absolute Gasteiger partial charge is 0.423 e. The summed E-state index contributed by atoms with van der Waals surface area (Å²) in [6.07, 6.45) is -9.63. The van der Waals surface area contributed by atoms with Crippen molar-refractivity contribution in [3.05, 3.63) is 46.1 Å². The Bertz CT molecular complexity index is 840. The van der Waals surface area contributed by atoms with Crippen molar-refractivity contribution in [2.24, 2.45) is 0 Å². The van der Waals surface area contributed by atoms with Crippen LogP contribution in [0, 0.1) is 10.1 Å². The zero-order chi connectivity index (χ0) is 20.4. The van der Waals surface area contributed by atoms with Crippen LogP contribution in [0.3, 0.4) is 0 Å². The van der Waals surface area contributed by atoms with Crippen molar-refractivity contribution in [1.29, 1.82) is 0 Å². The van der Waals surface area contributed by atoms with Crippen molar-refractivity contribution < 1.29 is 36.0 Å². The second-order valence-electron chi connectivity index (χ2n) is 5.13. The van der Waals surface area contributed by atoms with Gasteiger partial charge in [-0.25, -0.2) is 4.98 Å². The highest BCUT2D eigenvalue weighted by Crippen LogP contribution is 2.36. The molecule has 0 atom stereocenters. The molecule has 0 unspecified atom stereocenters. The van der Waals surface area contributed by atoms with Crippen molar-refractivity contribution in [2.75, 3.05) is 18.6 Å². The van der Waals surface area contributed by atoms with Crippen molar-refractivity contribution in [1.82, 2.24) is 9.97 Å². The lowest BCUT2D eigenvalue weighted by molar-refractivity contribution is -0.384. The lowest BCUT2D eigenvalue weighted by Crippen LogP contribution is -2.23. The Morgan fingerprint density at radius 3 is 2.44 bits per heavy atom. The monoisotopic (exact) mass is 396 g/mol. The number of hydrogen-bond donors (Lipinski definition) is 0. The molecule has 0 bridgehead atoms. The Balaban J connectivity index is 2.42. The third-order valence-corrected chi connectivity index (χ3v) is 3.15. The van der Waals surface area contributed by atoms with Crippen molar-refractivity contribution in [2.45, 2.75) is 12.4 Å². The molecule has 13 heteroatoms. The van der Waals surface area contributed by atoms with Crippen LogP contribution in [-0.2, 0) is 6.18 Å². The van der Waals surface area contributed by atoms with Gasteiger partial charge in [-0.2, -0.15) is 31.3 Å². The number of ether oxygens (including phenoxy) is 1. The molecule has 0 amide bonds. The first-order valence-corrected chi connectivity index (χ1v) is 7.00. The number of alkyl halides is 6. The summed E-state index contributed by atoms with van der Waals surface area (Å²) in [7, 11) is 1.27. The third kappa shape index (κ3) is 5.18. The molecule has 0 radical (unpaired) electrons. The second kappa shape index (κ2) is 7.25. The largest absolute Gasteiger partial charge is 0.467 e. The first-order chi connectivity index (χ1) is 12.4. The van der Waals surface area contributed by atoms with Crippen LogP contribution in [0.4, 0.5) is 43.7 Å². The summed E-state index contributed by atoms with van der Waals surface area (Å²) < 4.78 is 79.9. The van der Waals surface area contributed by atoms with Gasteiger partial charge in [-0.15, -0.1) is 0 Å². The SMILES string of the molecule is CN(c1cccc([N+](=O)[O-])c1)c1ncc(C(F)(F)F)c(OCC(F)(F)F)n1. The normalized spacial score (nSPS) is 12.0. The fourth-order valence-electron chi connectivity index (χ4n) is 1.90. The minimum Gasteiger partial charge on any atom is -0.467 e. The number of halogens is 6. The maximum absolute atomic E-state index is 12.9. The lowest BCUT2D eigenvalue weighted by atomic mass is 10.2. The fraction of sp³-hybridized carbons (Fsp3) is 0.286. The number of benzene rings is 1. The third-order valence-electron chi connectivity index (χ3n) is 3.15. The Morgan fingerprint density at radius 2 is 1.89 bits per heavy atom. The average molecular weight is 396 g/mol. The van der Waals surface area contributed by atoms with Gasteiger partial charge in [0.2, 0.25) is 11.8 Å². The average Bonchev–Trinajstić information content (AvgIpc) is 2.57. The molecule has 2 aromatic rings. The number of anilines is 2. The number of non-ortho nitro benzene ring substituents is 1. The minimum absolute atomic E-state index is 0.130. The van der Waals surface area contributed by atoms with Gasteiger partial charge in [0.1, 0.15) is 5.56 Å². The fourth-order valence-corrected chi connectivity index (χ4v) is 1.90. The van der Waals surface area contributed by atoms with Crippen molar-refractivity contribution in [3.8, 4) is 5.88 Å². The van der Waals surface area contributed by atoms with Crippen LogP contribution in [0.25, 0.3) is 0 Å². The van der Waals surface area contributed by atoms with E-state index >= 15 is 0 Å². The van der Waals surface area contributed by atoms with Crippen LogP contribution >= 0.6 is 0 Å². The number of nitro groups is 1. The van der Waals surface area contributed by atoms with Gasteiger partial charge in [-0.3, -0.25) is 10.1 Å². The van der Waals surface area contributed by atoms with Gasteiger partial charge in [0.15, 0.2) is 6.61 Å². The maximum Gasteiger partial charge on any atom is 0.423 e. The number of rotatable bonds is 5. The van der Waals surface area contributed by atoms with E-state index in [1.54, 1.807) is 0 Å². The molecule has 7 nitrogen and oxygen atoms in total. The van der Waals surface area contributed by atoms with Crippen molar-refractivity contribution >= 4 is 17.3 Å². The zero-order valence-electron chi connectivity index (χ0n) is 13.4. The van der Waals surface area contributed by atoms with E-state index in [1.165, 1.54) is 25.2 Å². The lowest BCUT2D eigenvalue weighted by Gasteiger charge is -2.19. The number of hydrogen-bond acceptors (Lipinski definition) is 6. The molecule has 0 spiro atoms. The van der Waals surface area contributed by atoms with E-state index < -0.39 is 41.3 Å². The molecule has 0 saturated carbocycles. The van der Waals surface area contributed by atoms with Gasteiger partial charge in [0.25, 0.3) is 5.69 Å². The van der Waals surface area contributed by atoms with Crippen LogP contribution in [0.1, 0.15) is 5.56 Å². The highest BCUT2D eigenvalue weighted by Gasteiger charge is 2.38. The molecule has 27 heavy (non-hydrogen) atoms. The van der Waals surface area contributed by atoms with E-state index in [4.69, 9.17) is 0 Å². The maximum atomic E-state index is 12.9. The van der Waals surface area contributed by atoms with Gasteiger partial charge < -0.3 is 9.64 Å². The topological polar surface area (TPSA) is 81.4 Å². The second-order valence-corrected chi connectivity index (χ2v) is 5.13. The molecule has 2 rings (SSSR count). The Kier molecular flexibility index (Phi) is 5.42. The van der Waals surface area contributed by atoms with Gasteiger partial charge in [-0.1, -0.05) is 6.07 Å². The first-order valence-electron chi connectivity index (χ1n) is 7.00. The summed E-state index contributed by atoms with van der Waals surface area (Å²) in [5, 5.41) is 10.8. The molecule has 1 aromatic carbocycles. The van der Waals surface area contributed by atoms with Crippen LogP contribution in [0.5, 0.6) is 5.88 Å². The molecule has 0 aliphatic carbocycles. The van der Waals surface area contributed by atoms with Crippen LogP contribution in [-0.4, -0.2) is 34.7 Å². The van der Waals surface area contributed by atoms with E-state index in [9.17, 15) is 36.5 Å². The van der Waals surface area contributed by atoms with Crippen LogP contribution < -0.4 is 9.64 Å². The van der Waals surface area contributed by atoms with Gasteiger partial charge in [-0.05, 0) is 6.07 Å². The molecule has 0 fully saturated rings. The van der Waals surface area contributed by atoms with Crippen LogP contribution in [0.2, 0.25) is 0 Å². The van der Waals surface area contributed by atoms with E-state index in [0.717, 1.165) is 11.0 Å². The Labute approximate surface area is 147 Å². The first kappa shape index (κ1) is 20.2. The summed E-state index contributed by atoms with van der Waals surface area (Å²) in [4.78, 5) is 18.0. The van der Waals surface area contributed by atoms with E-state index in [2.05, 4.69) is 14.7 Å². The van der Waals surface area contributed by atoms with Crippen molar-refractivity contribution in [3.63, 3.8) is 0 Å². The molecular weight excluding hydrogens is 386 g/mol. The summed E-state index contributed by atoms with van der Waals surface area (Å²) >= 11 is 0. The molecule has 0 aliphatic heterocycles. The van der Waals surface area contributed by atoms with Gasteiger partial charge >= 0.3 is 12.4 Å². The minimum atomic E-state index is -5.04. The van der Waals surface area contributed by atoms with Crippen LogP contribution in [0.15, 0.2) is 30.5 Å². The summed E-state index contributed by atoms with van der Waals surface area (Å²) in [6, 6.07) is 4.97. The molecular formula is C14H10F6N4O3. The van der Waals surface area contributed by atoms with Gasteiger partial charge in [0, 0.05) is 25.4 Å². The molecule has 146 valence electrons. The van der Waals surface area contributed by atoms with Gasteiger partial charge in [0.05, 0.1) is 10.6 Å². The Hall–Kier alpha value is -3.12. The molecule has 1 heterocycles. The number of nitrogens with zero attached hydrogens (tertiary/aromatic N) is 4. The molecule has 0 aliphatic rings. The standard InChI is InChI=1S/C14H10F6N4O3/c1-23(8-3-2-4-9(5-8)24(25)26)12-21-6-10(14(18,19)20)11(22-12)27-7-13(15,16)17/h2-6H,7H2,1H3.